The van der Waals surface area contributed by atoms with Gasteiger partial charge in [-0.05, 0) is 24.6 Å². The number of fused-ring (bicyclic) bond motifs is 1. The summed E-state index contributed by atoms with van der Waals surface area (Å²) in [5.41, 5.74) is 1.46. The molecule has 1 unspecified atom stereocenters. The minimum Gasteiger partial charge on any atom is -0.310 e. The molecule has 0 radical (unpaired) electrons. The van der Waals surface area contributed by atoms with Gasteiger partial charge >= 0.3 is 0 Å². The molecule has 0 fully saturated rings. The first-order valence-corrected chi connectivity index (χ1v) is 8.16. The highest BCUT2D eigenvalue weighted by Gasteiger charge is 2.23. The van der Waals surface area contributed by atoms with Gasteiger partial charge < -0.3 is 5.32 Å². The number of rotatable bonds is 6. The number of hydrogen-bond acceptors (Lipinski definition) is 4. The Labute approximate surface area is 124 Å². The Bertz CT molecular complexity index is 567. The molecule has 0 spiro atoms. The van der Waals surface area contributed by atoms with Crippen LogP contribution < -0.4 is 5.32 Å². The highest BCUT2D eigenvalue weighted by Crippen LogP contribution is 2.39. The minimum absolute atomic E-state index is 0.550. The molecule has 2 aromatic rings. The third-order valence-corrected chi connectivity index (χ3v) is 4.75. The number of nitrogens with zero attached hydrogens (tertiary/aromatic N) is 3. The van der Waals surface area contributed by atoms with E-state index in [0.717, 1.165) is 37.6 Å². The molecule has 1 aromatic heterocycles. The summed E-state index contributed by atoms with van der Waals surface area (Å²) in [6, 6.07) is 8.68. The number of aromatic nitrogens is 3. The van der Waals surface area contributed by atoms with Crippen molar-refractivity contribution in [1.29, 1.82) is 0 Å². The van der Waals surface area contributed by atoms with Gasteiger partial charge in [0.2, 0.25) is 0 Å². The molecule has 3 rings (SSSR count). The third-order valence-electron chi connectivity index (χ3n) is 3.50. The quantitative estimate of drug-likeness (QED) is 0.830. The van der Waals surface area contributed by atoms with Crippen LogP contribution in [-0.4, -0.2) is 27.1 Å². The second-order valence-corrected chi connectivity index (χ2v) is 6.17. The molecule has 0 amide bonds. The van der Waals surface area contributed by atoms with Crippen LogP contribution in [0.1, 0.15) is 30.7 Å². The maximum absolute atomic E-state index is 4.55. The molecule has 1 aliphatic rings. The SMILES string of the molecule is CCCNCc1ncn(CC2CSc3ccccc32)n1. The van der Waals surface area contributed by atoms with Crippen molar-refractivity contribution in [2.24, 2.45) is 0 Å². The van der Waals surface area contributed by atoms with Crippen molar-refractivity contribution in [3.8, 4) is 0 Å². The summed E-state index contributed by atoms with van der Waals surface area (Å²) in [5.74, 6) is 2.58. The van der Waals surface area contributed by atoms with E-state index in [0.29, 0.717) is 5.92 Å². The minimum atomic E-state index is 0.550. The van der Waals surface area contributed by atoms with E-state index in [4.69, 9.17) is 0 Å². The predicted octanol–water partition coefficient (Wildman–Crippen LogP) is 2.67. The van der Waals surface area contributed by atoms with Crippen LogP contribution in [0.4, 0.5) is 0 Å². The maximum Gasteiger partial charge on any atom is 0.164 e. The van der Waals surface area contributed by atoms with Gasteiger partial charge in [0.1, 0.15) is 6.33 Å². The Morgan fingerprint density at radius 1 is 1.40 bits per heavy atom. The standard InChI is InChI=1S/C15H20N4S/c1-2-7-16-8-15-17-11-19(18-15)9-12-10-20-14-6-4-3-5-13(12)14/h3-6,11-12,16H,2,7-10H2,1H3. The fourth-order valence-electron chi connectivity index (χ4n) is 2.49. The summed E-state index contributed by atoms with van der Waals surface area (Å²) in [6.45, 7) is 4.86. The molecular formula is C15H20N4S. The van der Waals surface area contributed by atoms with E-state index in [2.05, 4.69) is 46.6 Å². The van der Waals surface area contributed by atoms with E-state index >= 15 is 0 Å². The van der Waals surface area contributed by atoms with E-state index in [1.165, 1.54) is 10.5 Å². The molecule has 0 bridgehead atoms. The van der Waals surface area contributed by atoms with E-state index in [-0.39, 0.29) is 0 Å². The first kappa shape index (κ1) is 13.6. The molecule has 1 N–H and O–H groups in total. The predicted molar refractivity (Wildman–Crippen MR) is 81.9 cm³/mol. The largest absolute Gasteiger partial charge is 0.310 e. The smallest absolute Gasteiger partial charge is 0.164 e. The van der Waals surface area contributed by atoms with Gasteiger partial charge in [0.15, 0.2) is 5.82 Å². The fourth-order valence-corrected chi connectivity index (χ4v) is 3.73. The van der Waals surface area contributed by atoms with Crippen LogP contribution >= 0.6 is 11.8 Å². The lowest BCUT2D eigenvalue weighted by Crippen LogP contribution is -2.15. The van der Waals surface area contributed by atoms with Gasteiger partial charge in [-0.15, -0.1) is 11.8 Å². The second-order valence-electron chi connectivity index (χ2n) is 5.11. The first-order chi connectivity index (χ1) is 9.86. The zero-order valence-corrected chi connectivity index (χ0v) is 12.6. The molecule has 4 nitrogen and oxygen atoms in total. The molecule has 2 heterocycles. The summed E-state index contributed by atoms with van der Waals surface area (Å²) < 4.78 is 1.98. The van der Waals surface area contributed by atoms with E-state index in [1.807, 2.05) is 22.8 Å². The van der Waals surface area contributed by atoms with Gasteiger partial charge in [-0.25, -0.2) is 4.98 Å². The first-order valence-electron chi connectivity index (χ1n) is 7.17. The molecule has 1 aromatic carbocycles. The van der Waals surface area contributed by atoms with Gasteiger partial charge in [-0.3, -0.25) is 4.68 Å². The topological polar surface area (TPSA) is 42.7 Å². The monoisotopic (exact) mass is 288 g/mol. The Morgan fingerprint density at radius 3 is 3.20 bits per heavy atom. The Morgan fingerprint density at radius 2 is 2.30 bits per heavy atom. The van der Waals surface area contributed by atoms with Crippen molar-refractivity contribution in [1.82, 2.24) is 20.1 Å². The lowest BCUT2D eigenvalue weighted by atomic mass is 10.0. The number of benzene rings is 1. The molecule has 106 valence electrons. The Balaban J connectivity index is 1.62. The van der Waals surface area contributed by atoms with Crippen LogP contribution in [0.3, 0.4) is 0 Å². The normalized spacial score (nSPS) is 17.4. The van der Waals surface area contributed by atoms with Crippen molar-refractivity contribution in [2.45, 2.75) is 37.2 Å². The molecule has 0 saturated carbocycles. The summed E-state index contributed by atoms with van der Waals surface area (Å²) in [6.07, 6.45) is 2.99. The summed E-state index contributed by atoms with van der Waals surface area (Å²) >= 11 is 1.95. The average Bonchev–Trinajstić information content (AvgIpc) is 3.08. The van der Waals surface area contributed by atoms with Gasteiger partial charge in [0.05, 0.1) is 13.1 Å². The van der Waals surface area contributed by atoms with E-state index in [9.17, 15) is 0 Å². The van der Waals surface area contributed by atoms with Crippen molar-refractivity contribution in [3.05, 3.63) is 42.0 Å². The number of nitrogens with one attached hydrogen (secondary N) is 1. The Kier molecular flexibility index (Phi) is 4.38. The molecule has 1 atom stereocenters. The molecule has 1 aliphatic heterocycles. The number of thioether (sulfide) groups is 1. The van der Waals surface area contributed by atoms with Crippen LogP contribution in [0.2, 0.25) is 0 Å². The highest BCUT2D eigenvalue weighted by atomic mass is 32.2. The lowest BCUT2D eigenvalue weighted by molar-refractivity contribution is 0.538. The zero-order valence-electron chi connectivity index (χ0n) is 11.7. The van der Waals surface area contributed by atoms with Gasteiger partial charge in [-0.1, -0.05) is 25.1 Å². The molecular weight excluding hydrogens is 268 g/mol. The summed E-state index contributed by atoms with van der Waals surface area (Å²) in [7, 11) is 0. The van der Waals surface area contributed by atoms with Crippen molar-refractivity contribution in [2.75, 3.05) is 12.3 Å². The fraction of sp³-hybridized carbons (Fsp3) is 0.467. The van der Waals surface area contributed by atoms with Gasteiger partial charge in [-0.2, -0.15) is 5.10 Å². The maximum atomic E-state index is 4.55. The van der Waals surface area contributed by atoms with Crippen LogP contribution in [0, 0.1) is 0 Å². The van der Waals surface area contributed by atoms with Crippen LogP contribution in [0.15, 0.2) is 35.5 Å². The van der Waals surface area contributed by atoms with Crippen LogP contribution in [0.25, 0.3) is 0 Å². The third kappa shape index (κ3) is 3.04. The zero-order chi connectivity index (χ0) is 13.8. The van der Waals surface area contributed by atoms with E-state index < -0.39 is 0 Å². The summed E-state index contributed by atoms with van der Waals surface area (Å²) in [4.78, 5) is 5.79. The Hall–Kier alpha value is -1.33. The summed E-state index contributed by atoms with van der Waals surface area (Å²) in [5, 5.41) is 7.88. The number of hydrogen-bond donors (Lipinski definition) is 1. The van der Waals surface area contributed by atoms with Gasteiger partial charge in [0.25, 0.3) is 0 Å². The highest BCUT2D eigenvalue weighted by molar-refractivity contribution is 7.99. The van der Waals surface area contributed by atoms with Crippen LogP contribution in [-0.2, 0) is 13.1 Å². The van der Waals surface area contributed by atoms with Crippen molar-refractivity contribution in [3.63, 3.8) is 0 Å². The van der Waals surface area contributed by atoms with Crippen LogP contribution in [0.5, 0.6) is 0 Å². The lowest BCUT2D eigenvalue weighted by Gasteiger charge is -2.09. The van der Waals surface area contributed by atoms with Gasteiger partial charge in [0, 0.05) is 16.6 Å². The second kappa shape index (κ2) is 6.41. The molecule has 0 saturated heterocycles. The average molecular weight is 288 g/mol. The van der Waals surface area contributed by atoms with Crippen molar-refractivity contribution >= 4 is 11.8 Å². The van der Waals surface area contributed by atoms with Crippen molar-refractivity contribution < 1.29 is 0 Å². The molecule has 5 heteroatoms. The van der Waals surface area contributed by atoms with E-state index in [1.54, 1.807) is 0 Å². The molecule has 0 aliphatic carbocycles. The molecule has 20 heavy (non-hydrogen) atoms.